The highest BCUT2D eigenvalue weighted by Crippen LogP contribution is 2.06. The van der Waals surface area contributed by atoms with Crippen molar-refractivity contribution >= 4 is 11.6 Å². The number of carbonyl (C=O) groups excluding carboxylic acids is 2. The van der Waals surface area contributed by atoms with E-state index < -0.39 is 0 Å². The van der Waals surface area contributed by atoms with Crippen molar-refractivity contribution in [2.24, 2.45) is 0 Å². The maximum Gasteiger partial charge on any atom is 0.156 e. The molecule has 0 spiro atoms. The molecule has 0 unspecified atom stereocenters. The van der Waals surface area contributed by atoms with E-state index in [-0.39, 0.29) is 11.6 Å². The molecule has 0 bridgehead atoms. The standard InChI is InChI=1S/C14H16O2/c1-11-3-6-13(7-4-11)8-10-14(16)9-5-12(2)15/h3-7,9H,8,10H2,1-2H3/b9-5+. The molecule has 0 atom stereocenters. The van der Waals surface area contributed by atoms with Gasteiger partial charge in [-0.05, 0) is 38.0 Å². The second-order valence-corrected chi connectivity index (χ2v) is 3.90. The van der Waals surface area contributed by atoms with Crippen molar-refractivity contribution in [2.75, 3.05) is 0 Å². The van der Waals surface area contributed by atoms with E-state index in [0.717, 1.165) is 12.0 Å². The van der Waals surface area contributed by atoms with Gasteiger partial charge in [0.25, 0.3) is 0 Å². The van der Waals surface area contributed by atoms with Crippen molar-refractivity contribution < 1.29 is 9.59 Å². The zero-order valence-corrected chi connectivity index (χ0v) is 9.69. The largest absolute Gasteiger partial charge is 0.295 e. The van der Waals surface area contributed by atoms with Crippen LogP contribution in [-0.2, 0) is 16.0 Å². The van der Waals surface area contributed by atoms with Gasteiger partial charge in [-0.2, -0.15) is 0 Å². The summed E-state index contributed by atoms with van der Waals surface area (Å²) in [5.41, 5.74) is 2.36. The molecule has 16 heavy (non-hydrogen) atoms. The molecule has 2 nitrogen and oxygen atoms in total. The fourth-order valence-electron chi connectivity index (χ4n) is 1.32. The van der Waals surface area contributed by atoms with Crippen LogP contribution in [0.25, 0.3) is 0 Å². The highest BCUT2D eigenvalue weighted by molar-refractivity contribution is 5.97. The maximum absolute atomic E-state index is 11.3. The number of hydrogen-bond acceptors (Lipinski definition) is 2. The molecule has 1 aromatic carbocycles. The van der Waals surface area contributed by atoms with Gasteiger partial charge in [-0.3, -0.25) is 9.59 Å². The third kappa shape index (κ3) is 4.69. The van der Waals surface area contributed by atoms with E-state index >= 15 is 0 Å². The number of carbonyl (C=O) groups is 2. The topological polar surface area (TPSA) is 34.1 Å². The van der Waals surface area contributed by atoms with Gasteiger partial charge in [-0.25, -0.2) is 0 Å². The monoisotopic (exact) mass is 216 g/mol. The van der Waals surface area contributed by atoms with Crippen molar-refractivity contribution in [3.05, 3.63) is 47.5 Å². The van der Waals surface area contributed by atoms with E-state index in [1.54, 1.807) is 0 Å². The van der Waals surface area contributed by atoms with Crippen LogP contribution in [0.5, 0.6) is 0 Å². The minimum absolute atomic E-state index is 0.00391. The minimum Gasteiger partial charge on any atom is -0.295 e. The molecule has 1 rings (SSSR count). The maximum atomic E-state index is 11.3. The lowest BCUT2D eigenvalue weighted by molar-refractivity contribution is -0.116. The number of ketones is 2. The minimum atomic E-state index is -0.0938. The fourth-order valence-corrected chi connectivity index (χ4v) is 1.32. The van der Waals surface area contributed by atoms with Crippen molar-refractivity contribution in [2.45, 2.75) is 26.7 Å². The molecule has 84 valence electrons. The van der Waals surface area contributed by atoms with E-state index in [0.29, 0.717) is 6.42 Å². The van der Waals surface area contributed by atoms with Gasteiger partial charge < -0.3 is 0 Å². The smallest absolute Gasteiger partial charge is 0.156 e. The predicted molar refractivity (Wildman–Crippen MR) is 64.3 cm³/mol. The average Bonchev–Trinajstić information content (AvgIpc) is 2.25. The lowest BCUT2D eigenvalue weighted by atomic mass is 10.1. The Morgan fingerprint density at radius 3 is 2.31 bits per heavy atom. The Morgan fingerprint density at radius 2 is 1.75 bits per heavy atom. The third-order valence-electron chi connectivity index (χ3n) is 2.28. The number of aryl methyl sites for hydroxylation is 2. The first-order valence-corrected chi connectivity index (χ1v) is 5.35. The molecule has 0 heterocycles. The van der Waals surface area contributed by atoms with Crippen LogP contribution < -0.4 is 0 Å². The lowest BCUT2D eigenvalue weighted by Crippen LogP contribution is -1.97. The quantitative estimate of drug-likeness (QED) is 0.709. The Hall–Kier alpha value is -1.70. The van der Waals surface area contributed by atoms with Crippen molar-refractivity contribution in [3.63, 3.8) is 0 Å². The summed E-state index contributed by atoms with van der Waals surface area (Å²) in [4.78, 5) is 22.0. The normalized spacial score (nSPS) is 10.6. The van der Waals surface area contributed by atoms with Gasteiger partial charge >= 0.3 is 0 Å². The van der Waals surface area contributed by atoms with E-state index in [1.165, 1.54) is 24.6 Å². The second-order valence-electron chi connectivity index (χ2n) is 3.90. The van der Waals surface area contributed by atoms with Crippen molar-refractivity contribution in [1.29, 1.82) is 0 Å². The van der Waals surface area contributed by atoms with E-state index in [2.05, 4.69) is 0 Å². The lowest BCUT2D eigenvalue weighted by Gasteiger charge is -1.99. The number of benzene rings is 1. The van der Waals surface area contributed by atoms with Crippen LogP contribution in [0.3, 0.4) is 0 Å². The summed E-state index contributed by atoms with van der Waals surface area (Å²) >= 11 is 0. The number of hydrogen-bond donors (Lipinski definition) is 0. The zero-order valence-electron chi connectivity index (χ0n) is 9.69. The van der Waals surface area contributed by atoms with Crippen LogP contribution in [0.15, 0.2) is 36.4 Å². The highest BCUT2D eigenvalue weighted by atomic mass is 16.1. The van der Waals surface area contributed by atoms with Gasteiger partial charge in [-0.1, -0.05) is 29.8 Å². The summed E-state index contributed by atoms with van der Waals surface area (Å²) < 4.78 is 0. The first-order valence-electron chi connectivity index (χ1n) is 5.35. The number of rotatable bonds is 5. The Balaban J connectivity index is 2.43. The highest BCUT2D eigenvalue weighted by Gasteiger charge is 1.99. The van der Waals surface area contributed by atoms with E-state index in [4.69, 9.17) is 0 Å². The van der Waals surface area contributed by atoms with Crippen molar-refractivity contribution in [1.82, 2.24) is 0 Å². The summed E-state index contributed by atoms with van der Waals surface area (Å²) in [5, 5.41) is 0. The van der Waals surface area contributed by atoms with Gasteiger partial charge in [0.2, 0.25) is 0 Å². The summed E-state index contributed by atoms with van der Waals surface area (Å²) in [6, 6.07) is 8.12. The molecule has 2 heteroatoms. The van der Waals surface area contributed by atoms with Crippen LogP contribution in [0.2, 0.25) is 0 Å². The second kappa shape index (κ2) is 6.01. The first kappa shape index (κ1) is 12.4. The average molecular weight is 216 g/mol. The third-order valence-corrected chi connectivity index (χ3v) is 2.28. The van der Waals surface area contributed by atoms with E-state index in [1.807, 2.05) is 31.2 Å². The molecule has 0 radical (unpaired) electrons. The molecular formula is C14H16O2. The molecule has 0 aliphatic carbocycles. The Labute approximate surface area is 96.0 Å². The summed E-state index contributed by atoms with van der Waals surface area (Å²) in [7, 11) is 0. The summed E-state index contributed by atoms with van der Waals surface area (Å²) in [6.45, 7) is 3.47. The first-order chi connectivity index (χ1) is 7.58. The van der Waals surface area contributed by atoms with Crippen LogP contribution in [0.1, 0.15) is 24.5 Å². The summed E-state index contributed by atoms with van der Waals surface area (Å²) in [5.74, 6) is -0.0977. The summed E-state index contributed by atoms with van der Waals surface area (Å²) in [6.07, 6.45) is 3.85. The van der Waals surface area contributed by atoms with Crippen molar-refractivity contribution in [3.8, 4) is 0 Å². The molecular weight excluding hydrogens is 200 g/mol. The molecule has 0 aromatic heterocycles. The van der Waals surface area contributed by atoms with Crippen LogP contribution in [-0.4, -0.2) is 11.6 Å². The van der Waals surface area contributed by atoms with Gasteiger partial charge in [0, 0.05) is 6.42 Å². The van der Waals surface area contributed by atoms with Crippen LogP contribution >= 0.6 is 0 Å². The Bertz CT molecular complexity index is 399. The van der Waals surface area contributed by atoms with E-state index in [9.17, 15) is 9.59 Å². The zero-order chi connectivity index (χ0) is 12.0. The molecule has 0 saturated heterocycles. The van der Waals surface area contributed by atoms with Crippen LogP contribution in [0.4, 0.5) is 0 Å². The Morgan fingerprint density at radius 1 is 1.12 bits per heavy atom. The molecule has 0 amide bonds. The molecule has 0 N–H and O–H groups in total. The van der Waals surface area contributed by atoms with Crippen LogP contribution in [0, 0.1) is 6.92 Å². The molecule has 0 fully saturated rings. The van der Waals surface area contributed by atoms with Gasteiger partial charge in [0.15, 0.2) is 11.6 Å². The molecule has 0 aliphatic heterocycles. The van der Waals surface area contributed by atoms with Gasteiger partial charge in [-0.15, -0.1) is 0 Å². The number of allylic oxidation sites excluding steroid dienone is 2. The SMILES string of the molecule is CC(=O)/C=C/C(=O)CCc1ccc(C)cc1. The molecule has 1 aromatic rings. The fraction of sp³-hybridized carbons (Fsp3) is 0.286. The molecule has 0 aliphatic rings. The van der Waals surface area contributed by atoms with Gasteiger partial charge in [0.05, 0.1) is 0 Å². The Kier molecular flexibility index (Phi) is 4.65. The van der Waals surface area contributed by atoms with Gasteiger partial charge in [0.1, 0.15) is 0 Å². The molecule has 0 saturated carbocycles. The predicted octanol–water partition coefficient (Wildman–Crippen LogP) is 2.64.